The molecular formula is C26H22N2O3S. The lowest BCUT2D eigenvalue weighted by molar-refractivity contribution is -0.117. The van der Waals surface area contributed by atoms with Crippen LogP contribution in [-0.2, 0) is 20.9 Å². The molecule has 0 saturated heterocycles. The predicted molar refractivity (Wildman–Crippen MR) is 128 cm³/mol. The van der Waals surface area contributed by atoms with Crippen molar-refractivity contribution in [2.24, 2.45) is 0 Å². The zero-order valence-electron chi connectivity index (χ0n) is 17.6. The van der Waals surface area contributed by atoms with Crippen LogP contribution in [0.1, 0.15) is 23.6 Å². The van der Waals surface area contributed by atoms with Crippen LogP contribution in [0.3, 0.4) is 0 Å². The van der Waals surface area contributed by atoms with Crippen molar-refractivity contribution in [1.82, 2.24) is 5.32 Å². The number of carbonyl (C=O) groups is 2. The molecule has 0 aromatic heterocycles. The van der Waals surface area contributed by atoms with Crippen molar-refractivity contribution in [2.75, 3.05) is 6.61 Å². The van der Waals surface area contributed by atoms with Gasteiger partial charge in [-0.1, -0.05) is 61.2 Å². The molecule has 32 heavy (non-hydrogen) atoms. The van der Waals surface area contributed by atoms with Gasteiger partial charge >= 0.3 is 0 Å². The largest absolute Gasteiger partial charge is 0.489 e. The molecule has 0 heterocycles. The summed E-state index contributed by atoms with van der Waals surface area (Å²) in [7, 11) is 0. The van der Waals surface area contributed by atoms with Crippen LogP contribution in [0.5, 0.6) is 0 Å². The Kier molecular flexibility index (Phi) is 7.48. The molecule has 1 aliphatic rings. The summed E-state index contributed by atoms with van der Waals surface area (Å²) in [6.45, 7) is 6.23. The van der Waals surface area contributed by atoms with Crippen molar-refractivity contribution in [1.29, 1.82) is 5.26 Å². The monoisotopic (exact) mass is 442 g/mol. The highest BCUT2D eigenvalue weighted by molar-refractivity contribution is 7.85. The molecule has 0 spiro atoms. The Labute approximate surface area is 192 Å². The zero-order chi connectivity index (χ0) is 23.1. The van der Waals surface area contributed by atoms with E-state index in [0.717, 1.165) is 5.56 Å². The fourth-order valence-electron chi connectivity index (χ4n) is 3.21. The highest BCUT2D eigenvalue weighted by atomic mass is 32.1. The number of benzene rings is 2. The summed E-state index contributed by atoms with van der Waals surface area (Å²) in [5.74, 6) is -0.648. The predicted octanol–water partition coefficient (Wildman–Crippen LogP) is 4.61. The van der Waals surface area contributed by atoms with Crippen LogP contribution in [0.4, 0.5) is 0 Å². The van der Waals surface area contributed by atoms with Crippen LogP contribution in [-0.4, -0.2) is 18.3 Å². The van der Waals surface area contributed by atoms with E-state index in [0.29, 0.717) is 34.8 Å². The van der Waals surface area contributed by atoms with Gasteiger partial charge in [0.1, 0.15) is 11.6 Å². The van der Waals surface area contributed by atoms with Crippen LogP contribution in [0.25, 0.3) is 11.6 Å². The van der Waals surface area contributed by atoms with Gasteiger partial charge in [-0.15, -0.1) is 12.6 Å². The molecule has 0 radical (unpaired) electrons. The van der Waals surface area contributed by atoms with E-state index in [1.807, 2.05) is 48.5 Å². The van der Waals surface area contributed by atoms with Crippen LogP contribution in [0.15, 0.2) is 89.1 Å². The number of nitrogens with one attached hydrogen (secondary N) is 1. The Morgan fingerprint density at radius 2 is 1.88 bits per heavy atom. The van der Waals surface area contributed by atoms with Crippen molar-refractivity contribution in [2.45, 2.75) is 13.5 Å². The SMILES string of the molecule is C=C1C=C(c2ccccc2C=C(C#N)C(=O)NCc2ccccc2)C(S)=C(OCC)C1=O. The lowest BCUT2D eigenvalue weighted by atomic mass is 9.91. The Morgan fingerprint density at radius 3 is 2.56 bits per heavy atom. The molecule has 0 unspecified atom stereocenters. The second-order valence-corrected chi connectivity index (χ2v) is 7.40. The molecular weight excluding hydrogens is 420 g/mol. The molecule has 1 amide bonds. The summed E-state index contributed by atoms with van der Waals surface area (Å²) < 4.78 is 5.50. The third-order valence-electron chi connectivity index (χ3n) is 4.79. The van der Waals surface area contributed by atoms with Crippen molar-refractivity contribution >= 4 is 36.0 Å². The topological polar surface area (TPSA) is 79.2 Å². The summed E-state index contributed by atoms with van der Waals surface area (Å²) in [5.41, 5.74) is 3.15. The Hall–Kier alpha value is -3.82. The molecule has 1 N–H and O–H groups in total. The van der Waals surface area contributed by atoms with Gasteiger partial charge in [-0.25, -0.2) is 0 Å². The minimum atomic E-state index is -0.472. The number of amides is 1. The van der Waals surface area contributed by atoms with E-state index in [4.69, 9.17) is 4.74 Å². The molecule has 2 aromatic carbocycles. The first-order chi connectivity index (χ1) is 15.5. The minimum Gasteiger partial charge on any atom is -0.489 e. The number of hydrogen-bond donors (Lipinski definition) is 2. The standard InChI is InChI=1S/C26H22N2O3S/c1-3-31-24-23(29)17(2)13-22(25(24)32)21-12-8-7-11-19(21)14-20(15-27)26(30)28-16-18-9-5-4-6-10-18/h4-14,32H,2-3,16H2,1H3,(H,28,30). The second-order valence-electron chi connectivity index (χ2n) is 6.95. The van der Waals surface area contributed by atoms with E-state index in [-0.39, 0.29) is 22.7 Å². The van der Waals surface area contributed by atoms with Gasteiger partial charge in [0.15, 0.2) is 5.76 Å². The van der Waals surface area contributed by atoms with Gasteiger partial charge in [0.25, 0.3) is 5.91 Å². The summed E-state index contributed by atoms with van der Waals surface area (Å²) >= 11 is 4.53. The minimum absolute atomic E-state index is 0.0329. The Bertz CT molecular complexity index is 1200. The van der Waals surface area contributed by atoms with E-state index in [2.05, 4.69) is 24.5 Å². The molecule has 0 bridgehead atoms. The number of hydrogen-bond acceptors (Lipinski definition) is 5. The first-order valence-electron chi connectivity index (χ1n) is 10.0. The van der Waals surface area contributed by atoms with Gasteiger partial charge in [0.2, 0.25) is 5.78 Å². The number of allylic oxidation sites excluding steroid dienone is 3. The van der Waals surface area contributed by atoms with Crippen LogP contribution < -0.4 is 5.32 Å². The van der Waals surface area contributed by atoms with E-state index in [9.17, 15) is 14.9 Å². The fourth-order valence-corrected chi connectivity index (χ4v) is 3.56. The van der Waals surface area contributed by atoms with Gasteiger partial charge in [-0.2, -0.15) is 5.26 Å². The average Bonchev–Trinajstić information content (AvgIpc) is 2.82. The number of nitrogens with zero attached hydrogens (tertiary/aromatic N) is 1. The fraction of sp³-hybridized carbons (Fsp3) is 0.115. The molecule has 0 aliphatic heterocycles. The molecule has 160 valence electrons. The van der Waals surface area contributed by atoms with Crippen LogP contribution in [0, 0.1) is 11.3 Å². The smallest absolute Gasteiger partial charge is 0.262 e. The van der Waals surface area contributed by atoms with E-state index < -0.39 is 5.91 Å². The van der Waals surface area contributed by atoms with Gasteiger partial charge in [0, 0.05) is 17.7 Å². The highest BCUT2D eigenvalue weighted by Gasteiger charge is 2.26. The molecule has 1 aliphatic carbocycles. The highest BCUT2D eigenvalue weighted by Crippen LogP contribution is 2.37. The quantitative estimate of drug-likeness (QED) is 0.373. The number of nitriles is 1. The molecule has 3 rings (SSSR count). The van der Waals surface area contributed by atoms with Crippen molar-refractivity contribution in [3.05, 3.63) is 106 Å². The third-order valence-corrected chi connectivity index (χ3v) is 5.23. The summed E-state index contributed by atoms with van der Waals surface area (Å²) in [6, 6.07) is 18.7. The normalized spacial score (nSPS) is 14.0. The van der Waals surface area contributed by atoms with E-state index in [1.165, 1.54) is 6.08 Å². The van der Waals surface area contributed by atoms with Crippen molar-refractivity contribution in [3.63, 3.8) is 0 Å². The van der Waals surface area contributed by atoms with Gasteiger partial charge in [-0.3, -0.25) is 9.59 Å². The van der Waals surface area contributed by atoms with Crippen molar-refractivity contribution < 1.29 is 14.3 Å². The molecule has 0 atom stereocenters. The number of Topliss-reactive ketones (excluding diaryl/α,β-unsaturated/α-hetero) is 1. The number of carbonyl (C=O) groups excluding carboxylic acids is 2. The number of ketones is 1. The average molecular weight is 443 g/mol. The van der Waals surface area contributed by atoms with Gasteiger partial charge < -0.3 is 10.1 Å². The zero-order valence-corrected chi connectivity index (χ0v) is 18.5. The molecule has 0 saturated carbocycles. The number of thiol groups is 1. The Morgan fingerprint density at radius 1 is 1.19 bits per heavy atom. The van der Waals surface area contributed by atoms with E-state index in [1.54, 1.807) is 25.1 Å². The third kappa shape index (κ3) is 5.08. The maximum absolute atomic E-state index is 12.6. The first-order valence-corrected chi connectivity index (χ1v) is 10.5. The molecule has 6 heteroatoms. The lowest BCUT2D eigenvalue weighted by Gasteiger charge is -2.20. The van der Waals surface area contributed by atoms with Gasteiger partial charge in [-0.05, 0) is 35.8 Å². The number of rotatable bonds is 7. The maximum Gasteiger partial charge on any atom is 0.262 e. The van der Waals surface area contributed by atoms with Gasteiger partial charge in [0.05, 0.1) is 11.5 Å². The first kappa shape index (κ1) is 22.9. The van der Waals surface area contributed by atoms with Crippen LogP contribution >= 0.6 is 12.6 Å². The maximum atomic E-state index is 12.6. The van der Waals surface area contributed by atoms with Crippen LogP contribution in [0.2, 0.25) is 0 Å². The molecule has 5 nitrogen and oxygen atoms in total. The lowest BCUT2D eigenvalue weighted by Crippen LogP contribution is -2.24. The van der Waals surface area contributed by atoms with Crippen molar-refractivity contribution in [3.8, 4) is 6.07 Å². The Balaban J connectivity index is 1.95. The number of ether oxygens (including phenoxy) is 1. The molecule has 0 fully saturated rings. The van der Waals surface area contributed by atoms with E-state index >= 15 is 0 Å². The summed E-state index contributed by atoms with van der Waals surface area (Å²) in [4.78, 5) is 25.4. The molecule has 2 aromatic rings. The summed E-state index contributed by atoms with van der Waals surface area (Å²) in [5, 5.41) is 12.4. The summed E-state index contributed by atoms with van der Waals surface area (Å²) in [6.07, 6.45) is 3.17. The second kappa shape index (κ2) is 10.5.